The van der Waals surface area contributed by atoms with Crippen LogP contribution in [-0.4, -0.2) is 19.0 Å². The lowest BCUT2D eigenvalue weighted by atomic mass is 10.1. The van der Waals surface area contributed by atoms with E-state index in [1.807, 2.05) is 24.3 Å². The van der Waals surface area contributed by atoms with Gasteiger partial charge in [-0.1, -0.05) is 24.8 Å². The van der Waals surface area contributed by atoms with Gasteiger partial charge in [0.15, 0.2) is 0 Å². The second-order valence-corrected chi connectivity index (χ2v) is 3.50. The molecule has 2 rings (SSSR count). The molecule has 0 aliphatic carbocycles. The summed E-state index contributed by atoms with van der Waals surface area (Å²) in [6.45, 7) is 5.85. The van der Waals surface area contributed by atoms with Crippen LogP contribution < -0.4 is 10.2 Å². The minimum atomic E-state index is -0.0360. The Morgan fingerprint density at radius 1 is 1.47 bits per heavy atom. The van der Waals surface area contributed by atoms with Crippen LogP contribution in [0.3, 0.4) is 0 Å². The summed E-state index contributed by atoms with van der Waals surface area (Å²) in [4.78, 5) is 13.4. The van der Waals surface area contributed by atoms with E-state index in [1.54, 1.807) is 4.90 Å². The smallest absolute Gasteiger partial charge is 0.250 e. The minimum Gasteiger partial charge on any atom is -0.311 e. The molecule has 15 heavy (non-hydrogen) atoms. The Morgan fingerprint density at radius 2 is 2.27 bits per heavy atom. The Balaban J connectivity index is 2.41. The molecule has 0 fully saturated rings. The van der Waals surface area contributed by atoms with Crippen LogP contribution in [0.25, 0.3) is 0 Å². The molecule has 78 valence electrons. The van der Waals surface area contributed by atoms with Crippen LogP contribution in [0.15, 0.2) is 36.9 Å². The molecule has 1 aliphatic heterocycles. The predicted octanol–water partition coefficient (Wildman–Crippen LogP) is 1.31. The number of nitrogens with zero attached hydrogens (tertiary/aromatic N) is 1. The first-order chi connectivity index (χ1) is 7.33. The van der Waals surface area contributed by atoms with Crippen molar-refractivity contribution in [1.82, 2.24) is 5.32 Å². The van der Waals surface area contributed by atoms with Gasteiger partial charge in [0, 0.05) is 25.3 Å². The van der Waals surface area contributed by atoms with Crippen molar-refractivity contribution in [3.63, 3.8) is 0 Å². The number of nitrogens with one attached hydrogen (secondary N) is 1. The van der Waals surface area contributed by atoms with E-state index in [9.17, 15) is 4.79 Å². The standard InChI is InChI=1S/C12H14N2O/c1-2-12(15)14-8-7-13-9-10-5-3-4-6-11(10)14/h2-6,13H,1,7-9H2. The molecule has 1 aromatic rings. The minimum absolute atomic E-state index is 0.0360. The predicted molar refractivity (Wildman–Crippen MR) is 60.7 cm³/mol. The molecule has 3 heteroatoms. The fourth-order valence-corrected chi connectivity index (χ4v) is 1.80. The van der Waals surface area contributed by atoms with Crippen LogP contribution in [0.1, 0.15) is 5.56 Å². The quantitative estimate of drug-likeness (QED) is 0.696. The number of carbonyl (C=O) groups excluding carboxylic acids is 1. The van der Waals surface area contributed by atoms with Crippen molar-refractivity contribution < 1.29 is 4.79 Å². The van der Waals surface area contributed by atoms with Crippen molar-refractivity contribution in [3.05, 3.63) is 42.5 Å². The van der Waals surface area contributed by atoms with E-state index < -0.39 is 0 Å². The van der Waals surface area contributed by atoms with Gasteiger partial charge in [-0.2, -0.15) is 0 Å². The van der Waals surface area contributed by atoms with Crippen LogP contribution in [0.4, 0.5) is 5.69 Å². The Labute approximate surface area is 89.4 Å². The number of hydrogen-bond donors (Lipinski definition) is 1. The molecule has 0 saturated heterocycles. The maximum Gasteiger partial charge on any atom is 0.250 e. The van der Waals surface area contributed by atoms with Crippen molar-refractivity contribution in [3.8, 4) is 0 Å². The van der Waals surface area contributed by atoms with Crippen LogP contribution in [0.2, 0.25) is 0 Å². The third-order valence-electron chi connectivity index (χ3n) is 2.55. The zero-order valence-corrected chi connectivity index (χ0v) is 8.57. The molecule has 0 atom stereocenters. The summed E-state index contributed by atoms with van der Waals surface area (Å²) in [6, 6.07) is 7.96. The molecule has 1 heterocycles. The van der Waals surface area contributed by atoms with Gasteiger partial charge in [0.25, 0.3) is 0 Å². The highest BCUT2D eigenvalue weighted by Crippen LogP contribution is 2.22. The van der Waals surface area contributed by atoms with Gasteiger partial charge in [-0.25, -0.2) is 0 Å². The number of benzene rings is 1. The van der Waals surface area contributed by atoms with Crippen LogP contribution in [0.5, 0.6) is 0 Å². The van der Waals surface area contributed by atoms with Gasteiger partial charge < -0.3 is 10.2 Å². The molecule has 0 unspecified atom stereocenters. The second-order valence-electron chi connectivity index (χ2n) is 3.50. The Bertz CT molecular complexity index is 387. The van der Waals surface area contributed by atoms with Gasteiger partial charge in [-0.05, 0) is 17.7 Å². The number of amides is 1. The van der Waals surface area contributed by atoms with Gasteiger partial charge in [0.1, 0.15) is 0 Å². The summed E-state index contributed by atoms with van der Waals surface area (Å²) in [7, 11) is 0. The number of anilines is 1. The highest BCUT2D eigenvalue weighted by atomic mass is 16.2. The first-order valence-corrected chi connectivity index (χ1v) is 5.05. The topological polar surface area (TPSA) is 32.3 Å². The number of para-hydroxylation sites is 1. The zero-order chi connectivity index (χ0) is 10.7. The van der Waals surface area contributed by atoms with E-state index in [0.29, 0.717) is 6.54 Å². The monoisotopic (exact) mass is 202 g/mol. The SMILES string of the molecule is C=CC(=O)N1CCNCc2ccccc21. The van der Waals surface area contributed by atoms with Gasteiger partial charge in [-0.3, -0.25) is 4.79 Å². The lowest BCUT2D eigenvalue weighted by Crippen LogP contribution is -2.33. The van der Waals surface area contributed by atoms with Gasteiger partial charge >= 0.3 is 0 Å². The number of hydrogen-bond acceptors (Lipinski definition) is 2. The Kier molecular flexibility index (Phi) is 2.83. The molecule has 0 bridgehead atoms. The molecule has 1 amide bonds. The van der Waals surface area contributed by atoms with Crippen LogP contribution in [0, 0.1) is 0 Å². The van der Waals surface area contributed by atoms with Gasteiger partial charge in [0.2, 0.25) is 5.91 Å². The molecular formula is C12H14N2O. The Morgan fingerprint density at radius 3 is 3.07 bits per heavy atom. The molecule has 0 aromatic heterocycles. The first-order valence-electron chi connectivity index (χ1n) is 5.05. The van der Waals surface area contributed by atoms with E-state index in [2.05, 4.69) is 11.9 Å². The maximum atomic E-state index is 11.7. The van der Waals surface area contributed by atoms with Gasteiger partial charge in [0.05, 0.1) is 0 Å². The van der Waals surface area contributed by atoms with E-state index in [0.717, 1.165) is 24.3 Å². The van der Waals surface area contributed by atoms with E-state index in [-0.39, 0.29) is 5.91 Å². The summed E-state index contributed by atoms with van der Waals surface area (Å²) in [5.74, 6) is -0.0360. The molecule has 3 nitrogen and oxygen atoms in total. The number of fused-ring (bicyclic) bond motifs is 1. The highest BCUT2D eigenvalue weighted by Gasteiger charge is 2.17. The van der Waals surface area contributed by atoms with Crippen LogP contribution >= 0.6 is 0 Å². The lowest BCUT2D eigenvalue weighted by Gasteiger charge is -2.20. The normalized spacial score (nSPS) is 15.3. The first kappa shape index (κ1) is 9.93. The van der Waals surface area contributed by atoms with E-state index in [4.69, 9.17) is 0 Å². The fourth-order valence-electron chi connectivity index (χ4n) is 1.80. The lowest BCUT2D eigenvalue weighted by molar-refractivity contribution is -0.114. The molecule has 0 saturated carbocycles. The summed E-state index contributed by atoms with van der Waals surface area (Å²) in [5, 5.41) is 3.28. The Hall–Kier alpha value is -1.61. The van der Waals surface area contributed by atoms with Crippen molar-refractivity contribution in [2.24, 2.45) is 0 Å². The molecule has 1 N–H and O–H groups in total. The molecular weight excluding hydrogens is 188 g/mol. The van der Waals surface area contributed by atoms with Crippen molar-refractivity contribution in [1.29, 1.82) is 0 Å². The van der Waals surface area contributed by atoms with Crippen LogP contribution in [-0.2, 0) is 11.3 Å². The number of rotatable bonds is 1. The van der Waals surface area contributed by atoms with Crippen molar-refractivity contribution in [2.45, 2.75) is 6.54 Å². The summed E-state index contributed by atoms with van der Waals surface area (Å²) in [6.07, 6.45) is 1.36. The largest absolute Gasteiger partial charge is 0.311 e. The van der Waals surface area contributed by atoms with E-state index in [1.165, 1.54) is 6.08 Å². The van der Waals surface area contributed by atoms with E-state index >= 15 is 0 Å². The fraction of sp³-hybridized carbons (Fsp3) is 0.250. The third kappa shape index (κ3) is 1.92. The van der Waals surface area contributed by atoms with Gasteiger partial charge in [-0.15, -0.1) is 0 Å². The number of carbonyl (C=O) groups is 1. The second kappa shape index (κ2) is 4.28. The molecule has 0 radical (unpaired) electrons. The highest BCUT2D eigenvalue weighted by molar-refractivity contribution is 6.01. The third-order valence-corrected chi connectivity index (χ3v) is 2.55. The molecule has 0 spiro atoms. The van der Waals surface area contributed by atoms with Crippen molar-refractivity contribution >= 4 is 11.6 Å². The molecule has 1 aliphatic rings. The summed E-state index contributed by atoms with van der Waals surface area (Å²) < 4.78 is 0. The molecule has 1 aromatic carbocycles. The average Bonchev–Trinajstić information content (AvgIpc) is 2.50. The maximum absolute atomic E-state index is 11.7. The van der Waals surface area contributed by atoms with Crippen molar-refractivity contribution in [2.75, 3.05) is 18.0 Å². The zero-order valence-electron chi connectivity index (χ0n) is 8.57. The average molecular weight is 202 g/mol. The summed E-state index contributed by atoms with van der Waals surface area (Å²) in [5.41, 5.74) is 2.15. The summed E-state index contributed by atoms with van der Waals surface area (Å²) >= 11 is 0.